The molecule has 1 aromatic rings. The molecule has 0 saturated carbocycles. The van der Waals surface area contributed by atoms with E-state index in [1.54, 1.807) is 18.2 Å². The third kappa shape index (κ3) is 2.95. The van der Waals surface area contributed by atoms with Gasteiger partial charge in [-0.3, -0.25) is 4.79 Å². The van der Waals surface area contributed by atoms with Crippen LogP contribution in [0.5, 0.6) is 0 Å². The molecule has 0 radical (unpaired) electrons. The molecular weight excluding hydrogens is 243 g/mol. The fraction of sp³-hybridized carbons (Fsp3) is 0.533. The highest BCUT2D eigenvalue weighted by atomic mass is 19.1. The van der Waals surface area contributed by atoms with Crippen LogP contribution < -0.4 is 10.6 Å². The maximum atomic E-state index is 13.5. The summed E-state index contributed by atoms with van der Waals surface area (Å²) >= 11 is 0. The first-order chi connectivity index (χ1) is 9.20. The summed E-state index contributed by atoms with van der Waals surface area (Å²) in [7, 11) is 0. The van der Waals surface area contributed by atoms with E-state index in [2.05, 4.69) is 10.6 Å². The zero-order valence-electron chi connectivity index (χ0n) is 10.9. The average Bonchev–Trinajstić information content (AvgIpc) is 2.72. The van der Waals surface area contributed by atoms with E-state index in [-0.39, 0.29) is 24.2 Å². The number of halogens is 1. The highest BCUT2D eigenvalue weighted by Crippen LogP contribution is 2.26. The predicted octanol–water partition coefficient (Wildman–Crippen LogP) is 1.77. The van der Waals surface area contributed by atoms with Crippen LogP contribution in [0.2, 0.25) is 0 Å². The first kappa shape index (κ1) is 12.6. The van der Waals surface area contributed by atoms with Gasteiger partial charge < -0.3 is 10.6 Å². The van der Waals surface area contributed by atoms with Gasteiger partial charge in [-0.25, -0.2) is 4.39 Å². The van der Waals surface area contributed by atoms with Gasteiger partial charge in [0.05, 0.1) is 6.42 Å². The lowest BCUT2D eigenvalue weighted by Crippen LogP contribution is -2.48. The minimum atomic E-state index is -0.303. The lowest BCUT2D eigenvalue weighted by Gasteiger charge is -2.29. The molecule has 2 N–H and O–H groups in total. The summed E-state index contributed by atoms with van der Waals surface area (Å²) in [6.45, 7) is 0. The Morgan fingerprint density at radius 1 is 1.26 bits per heavy atom. The Kier molecular flexibility index (Phi) is 3.51. The summed E-state index contributed by atoms with van der Waals surface area (Å²) < 4.78 is 13.5. The van der Waals surface area contributed by atoms with Crippen molar-refractivity contribution in [1.82, 2.24) is 10.6 Å². The molecule has 2 aliphatic heterocycles. The van der Waals surface area contributed by atoms with E-state index in [1.807, 2.05) is 0 Å². The summed E-state index contributed by atoms with van der Waals surface area (Å²) in [4.78, 5) is 12.0. The average molecular weight is 262 g/mol. The van der Waals surface area contributed by atoms with Crippen LogP contribution in [-0.4, -0.2) is 24.0 Å². The zero-order valence-corrected chi connectivity index (χ0v) is 10.9. The normalized spacial score (nSPS) is 29.2. The lowest BCUT2D eigenvalue weighted by molar-refractivity contribution is -0.121. The minimum absolute atomic E-state index is 0.0728. The fourth-order valence-corrected chi connectivity index (χ4v) is 3.27. The molecule has 19 heavy (non-hydrogen) atoms. The number of hydrogen-bond acceptors (Lipinski definition) is 2. The van der Waals surface area contributed by atoms with Crippen molar-refractivity contribution in [1.29, 1.82) is 0 Å². The van der Waals surface area contributed by atoms with E-state index >= 15 is 0 Å². The van der Waals surface area contributed by atoms with E-state index in [4.69, 9.17) is 0 Å². The molecule has 2 atom stereocenters. The SMILES string of the molecule is O=C(Cc1ccccc1F)NC1CC2CCC(C1)N2. The number of fused-ring (bicyclic) bond motifs is 2. The first-order valence-electron chi connectivity index (χ1n) is 6.99. The van der Waals surface area contributed by atoms with Gasteiger partial charge in [-0.15, -0.1) is 0 Å². The number of piperidine rings is 1. The number of hydrogen-bond donors (Lipinski definition) is 2. The minimum Gasteiger partial charge on any atom is -0.353 e. The van der Waals surface area contributed by atoms with E-state index in [9.17, 15) is 9.18 Å². The molecule has 1 amide bonds. The van der Waals surface area contributed by atoms with Gasteiger partial charge >= 0.3 is 0 Å². The van der Waals surface area contributed by atoms with Crippen molar-refractivity contribution < 1.29 is 9.18 Å². The molecule has 1 aromatic carbocycles. The maximum Gasteiger partial charge on any atom is 0.224 e. The molecule has 3 nitrogen and oxygen atoms in total. The molecule has 2 saturated heterocycles. The summed E-state index contributed by atoms with van der Waals surface area (Å²) in [6, 6.07) is 7.82. The van der Waals surface area contributed by atoms with Gasteiger partial charge in [-0.1, -0.05) is 18.2 Å². The van der Waals surface area contributed by atoms with Crippen LogP contribution in [-0.2, 0) is 11.2 Å². The van der Waals surface area contributed by atoms with Gasteiger partial charge in [-0.2, -0.15) is 0 Å². The molecule has 2 unspecified atom stereocenters. The highest BCUT2D eigenvalue weighted by molar-refractivity contribution is 5.78. The lowest BCUT2D eigenvalue weighted by atomic mass is 9.99. The molecule has 2 aliphatic rings. The van der Waals surface area contributed by atoms with Crippen LogP contribution in [0.1, 0.15) is 31.2 Å². The number of carbonyl (C=O) groups is 1. The van der Waals surface area contributed by atoms with Crippen LogP contribution >= 0.6 is 0 Å². The second-order valence-corrected chi connectivity index (χ2v) is 5.64. The summed E-state index contributed by atoms with van der Waals surface area (Å²) in [5, 5.41) is 6.59. The molecule has 102 valence electrons. The number of amides is 1. The Morgan fingerprint density at radius 2 is 1.95 bits per heavy atom. The van der Waals surface area contributed by atoms with Crippen molar-refractivity contribution in [3.63, 3.8) is 0 Å². The largest absolute Gasteiger partial charge is 0.353 e. The topological polar surface area (TPSA) is 41.1 Å². The van der Waals surface area contributed by atoms with Crippen LogP contribution in [0.15, 0.2) is 24.3 Å². The van der Waals surface area contributed by atoms with Crippen molar-refractivity contribution in [2.24, 2.45) is 0 Å². The van der Waals surface area contributed by atoms with Gasteiger partial charge in [0.15, 0.2) is 0 Å². The summed E-state index contributed by atoms with van der Waals surface area (Å²) in [5.41, 5.74) is 0.469. The molecule has 2 fully saturated rings. The Hall–Kier alpha value is -1.42. The second kappa shape index (κ2) is 5.29. The Labute approximate surface area is 112 Å². The molecule has 4 heteroatoms. The van der Waals surface area contributed by atoms with E-state index in [0.717, 1.165) is 12.8 Å². The van der Waals surface area contributed by atoms with Gasteiger partial charge in [0.2, 0.25) is 5.91 Å². The molecule has 3 rings (SSSR count). The van der Waals surface area contributed by atoms with Crippen LogP contribution in [0.25, 0.3) is 0 Å². The maximum absolute atomic E-state index is 13.5. The molecular formula is C15H19FN2O. The molecule has 2 heterocycles. The van der Waals surface area contributed by atoms with Crippen molar-refractivity contribution >= 4 is 5.91 Å². The molecule has 0 spiro atoms. The van der Waals surface area contributed by atoms with Gasteiger partial charge in [-0.05, 0) is 37.3 Å². The van der Waals surface area contributed by atoms with Crippen LogP contribution in [0.4, 0.5) is 4.39 Å². The van der Waals surface area contributed by atoms with Crippen LogP contribution in [0.3, 0.4) is 0 Å². The summed E-state index contributed by atoms with van der Waals surface area (Å²) in [6.07, 6.45) is 4.56. The van der Waals surface area contributed by atoms with E-state index < -0.39 is 0 Å². The van der Waals surface area contributed by atoms with Gasteiger partial charge in [0.1, 0.15) is 5.82 Å². The van der Waals surface area contributed by atoms with Crippen molar-refractivity contribution in [2.45, 2.75) is 50.2 Å². The fourth-order valence-electron chi connectivity index (χ4n) is 3.27. The standard InChI is InChI=1S/C15H19FN2O/c16-14-4-2-1-3-10(14)7-15(19)18-13-8-11-5-6-12(9-13)17-11/h1-4,11-13,17H,5-9H2,(H,18,19). The van der Waals surface area contributed by atoms with Crippen molar-refractivity contribution in [3.8, 4) is 0 Å². The summed E-state index contributed by atoms with van der Waals surface area (Å²) in [5.74, 6) is -0.376. The number of rotatable bonds is 3. The van der Waals surface area contributed by atoms with Crippen molar-refractivity contribution in [2.75, 3.05) is 0 Å². The monoisotopic (exact) mass is 262 g/mol. The van der Waals surface area contributed by atoms with Crippen LogP contribution in [0, 0.1) is 5.82 Å². The number of benzene rings is 1. The number of carbonyl (C=O) groups excluding carboxylic acids is 1. The molecule has 0 aromatic heterocycles. The Bertz CT molecular complexity index is 465. The van der Waals surface area contributed by atoms with E-state index in [0.29, 0.717) is 17.6 Å². The molecule has 2 bridgehead atoms. The third-order valence-corrected chi connectivity index (χ3v) is 4.15. The predicted molar refractivity (Wildman–Crippen MR) is 71.2 cm³/mol. The smallest absolute Gasteiger partial charge is 0.224 e. The number of nitrogens with one attached hydrogen (secondary N) is 2. The Balaban J connectivity index is 1.56. The quantitative estimate of drug-likeness (QED) is 0.871. The Morgan fingerprint density at radius 3 is 2.63 bits per heavy atom. The van der Waals surface area contributed by atoms with Gasteiger partial charge in [0.25, 0.3) is 0 Å². The first-order valence-corrected chi connectivity index (χ1v) is 6.99. The van der Waals surface area contributed by atoms with Gasteiger partial charge in [0, 0.05) is 18.1 Å². The highest BCUT2D eigenvalue weighted by Gasteiger charge is 2.33. The second-order valence-electron chi connectivity index (χ2n) is 5.64. The molecule has 0 aliphatic carbocycles. The van der Waals surface area contributed by atoms with E-state index in [1.165, 1.54) is 18.9 Å². The van der Waals surface area contributed by atoms with Crippen molar-refractivity contribution in [3.05, 3.63) is 35.6 Å². The zero-order chi connectivity index (χ0) is 13.2. The third-order valence-electron chi connectivity index (χ3n) is 4.15.